The quantitative estimate of drug-likeness (QED) is 0.632. The molecule has 1 aliphatic rings. The Balaban J connectivity index is 2.94. The van der Waals surface area contributed by atoms with Crippen LogP contribution in [-0.2, 0) is 4.79 Å². The predicted molar refractivity (Wildman–Crippen MR) is 40.0 cm³/mol. The van der Waals surface area contributed by atoms with Crippen LogP contribution in [0.15, 0.2) is 0 Å². The van der Waals surface area contributed by atoms with Crippen molar-refractivity contribution in [1.29, 1.82) is 0 Å². The maximum absolute atomic E-state index is 12.6. The first-order valence-electron chi connectivity index (χ1n) is 3.94. The van der Waals surface area contributed by atoms with Crippen LogP contribution in [0.25, 0.3) is 0 Å². The summed E-state index contributed by atoms with van der Waals surface area (Å²) in [5.41, 5.74) is -2.22. The van der Waals surface area contributed by atoms with Crippen LogP contribution in [0.4, 0.5) is 13.2 Å². The largest absolute Gasteiger partial charge is 0.404 e. The Kier molecular flexibility index (Phi) is 2.51. The summed E-state index contributed by atoms with van der Waals surface area (Å²) in [5.74, 6) is -0.954. The Hall–Kier alpha value is -0.780. The summed E-state index contributed by atoms with van der Waals surface area (Å²) >= 11 is 0. The van der Waals surface area contributed by atoms with Crippen LogP contribution >= 0.6 is 0 Å². The van der Waals surface area contributed by atoms with Crippen molar-refractivity contribution in [1.82, 2.24) is 10.6 Å². The Morgan fingerprint density at radius 3 is 2.46 bits per heavy atom. The summed E-state index contributed by atoms with van der Waals surface area (Å²) in [4.78, 5) is 11.1. The van der Waals surface area contributed by atoms with E-state index in [4.69, 9.17) is 0 Å². The zero-order valence-corrected chi connectivity index (χ0v) is 7.16. The minimum absolute atomic E-state index is 0.184. The normalized spacial score (nSPS) is 28.9. The zero-order chi connectivity index (χ0) is 10.1. The summed E-state index contributed by atoms with van der Waals surface area (Å²) in [7, 11) is 1.22. The highest BCUT2D eigenvalue weighted by Crippen LogP contribution is 2.42. The van der Waals surface area contributed by atoms with Gasteiger partial charge in [0.1, 0.15) is 0 Å². The standard InChI is InChI=1S/C7H11F3N2O/c1-11-5(13)6(7(8,9)10)2-3-12-4-6/h12H,2-4H2,1H3,(H,11,13)/t6-/m1/s1. The Labute approximate surface area is 73.7 Å². The molecule has 3 nitrogen and oxygen atoms in total. The van der Waals surface area contributed by atoms with Crippen molar-refractivity contribution in [2.24, 2.45) is 5.41 Å². The molecule has 1 fully saturated rings. The third-order valence-corrected chi connectivity index (χ3v) is 2.36. The number of alkyl halides is 3. The fourth-order valence-corrected chi connectivity index (χ4v) is 1.50. The average molecular weight is 196 g/mol. The van der Waals surface area contributed by atoms with E-state index in [-0.39, 0.29) is 19.5 Å². The minimum atomic E-state index is -4.48. The highest BCUT2D eigenvalue weighted by molar-refractivity contribution is 5.84. The van der Waals surface area contributed by atoms with Crippen LogP contribution in [0, 0.1) is 5.41 Å². The van der Waals surface area contributed by atoms with Crippen molar-refractivity contribution in [2.45, 2.75) is 12.6 Å². The Morgan fingerprint density at radius 2 is 2.15 bits per heavy atom. The van der Waals surface area contributed by atoms with Crippen molar-refractivity contribution in [3.8, 4) is 0 Å². The maximum Gasteiger partial charge on any atom is 0.404 e. The van der Waals surface area contributed by atoms with Crippen LogP contribution < -0.4 is 10.6 Å². The van der Waals surface area contributed by atoms with Crippen molar-refractivity contribution in [3.63, 3.8) is 0 Å². The molecule has 0 bridgehead atoms. The third-order valence-electron chi connectivity index (χ3n) is 2.36. The molecule has 1 aliphatic heterocycles. The third kappa shape index (κ3) is 1.50. The molecule has 2 N–H and O–H groups in total. The summed E-state index contributed by atoms with van der Waals surface area (Å²) in [6, 6.07) is 0. The van der Waals surface area contributed by atoms with E-state index in [0.29, 0.717) is 0 Å². The van der Waals surface area contributed by atoms with Gasteiger partial charge in [-0.2, -0.15) is 13.2 Å². The summed E-state index contributed by atoms with van der Waals surface area (Å²) in [5, 5.41) is 4.61. The van der Waals surface area contributed by atoms with E-state index < -0.39 is 17.5 Å². The molecule has 1 rings (SSSR count). The van der Waals surface area contributed by atoms with Crippen LogP contribution in [0.1, 0.15) is 6.42 Å². The molecule has 1 heterocycles. The number of hydrogen-bond donors (Lipinski definition) is 2. The average Bonchev–Trinajstić information content (AvgIpc) is 2.50. The fraction of sp³-hybridized carbons (Fsp3) is 0.857. The fourth-order valence-electron chi connectivity index (χ4n) is 1.50. The van der Waals surface area contributed by atoms with E-state index >= 15 is 0 Å². The number of carbonyl (C=O) groups is 1. The lowest BCUT2D eigenvalue weighted by Crippen LogP contribution is -2.51. The van der Waals surface area contributed by atoms with Gasteiger partial charge in [0.25, 0.3) is 0 Å². The molecule has 0 aromatic rings. The molecule has 13 heavy (non-hydrogen) atoms. The van der Waals surface area contributed by atoms with E-state index in [1.807, 2.05) is 0 Å². The van der Waals surface area contributed by atoms with Crippen LogP contribution in [0.3, 0.4) is 0 Å². The van der Waals surface area contributed by atoms with Crippen molar-refractivity contribution in [2.75, 3.05) is 20.1 Å². The molecule has 1 atom stereocenters. The molecule has 76 valence electrons. The lowest BCUT2D eigenvalue weighted by atomic mass is 9.85. The lowest BCUT2D eigenvalue weighted by Gasteiger charge is -2.28. The first-order valence-corrected chi connectivity index (χ1v) is 3.94. The van der Waals surface area contributed by atoms with Gasteiger partial charge in [0, 0.05) is 13.6 Å². The predicted octanol–water partition coefficient (Wildman–Crippen LogP) is 0.274. The molecule has 0 spiro atoms. The molecule has 0 aromatic heterocycles. The number of halogens is 3. The second kappa shape index (κ2) is 3.17. The Morgan fingerprint density at radius 1 is 1.54 bits per heavy atom. The highest BCUT2D eigenvalue weighted by Gasteiger charge is 2.61. The number of rotatable bonds is 1. The lowest BCUT2D eigenvalue weighted by molar-refractivity contribution is -0.215. The molecule has 1 amide bonds. The van der Waals surface area contributed by atoms with Gasteiger partial charge >= 0.3 is 6.18 Å². The van der Waals surface area contributed by atoms with E-state index in [1.54, 1.807) is 0 Å². The van der Waals surface area contributed by atoms with E-state index in [0.717, 1.165) is 0 Å². The van der Waals surface area contributed by atoms with Gasteiger partial charge in [-0.15, -0.1) is 0 Å². The van der Waals surface area contributed by atoms with Crippen molar-refractivity contribution >= 4 is 5.91 Å². The number of hydrogen-bond acceptors (Lipinski definition) is 2. The number of amides is 1. The van der Waals surface area contributed by atoms with Crippen LogP contribution in [0.5, 0.6) is 0 Å². The van der Waals surface area contributed by atoms with Gasteiger partial charge in [0.15, 0.2) is 5.41 Å². The second-order valence-corrected chi connectivity index (χ2v) is 3.09. The van der Waals surface area contributed by atoms with Crippen molar-refractivity contribution < 1.29 is 18.0 Å². The minimum Gasteiger partial charge on any atom is -0.358 e. The van der Waals surface area contributed by atoms with Gasteiger partial charge in [-0.25, -0.2) is 0 Å². The van der Waals surface area contributed by atoms with Gasteiger partial charge in [-0.3, -0.25) is 4.79 Å². The SMILES string of the molecule is CNC(=O)[C@@]1(C(F)(F)F)CCNC1. The highest BCUT2D eigenvalue weighted by atomic mass is 19.4. The molecule has 0 saturated carbocycles. The molecular weight excluding hydrogens is 185 g/mol. The summed E-state index contributed by atoms with van der Waals surface area (Å²) in [6.07, 6.45) is -4.66. The van der Waals surface area contributed by atoms with E-state index in [9.17, 15) is 18.0 Å². The first-order chi connectivity index (χ1) is 5.94. The number of nitrogens with one attached hydrogen (secondary N) is 2. The van der Waals surface area contributed by atoms with E-state index in [1.165, 1.54) is 7.05 Å². The van der Waals surface area contributed by atoms with Gasteiger partial charge in [0.2, 0.25) is 5.91 Å². The van der Waals surface area contributed by atoms with Crippen LogP contribution in [0.2, 0.25) is 0 Å². The monoisotopic (exact) mass is 196 g/mol. The molecule has 6 heteroatoms. The molecule has 0 radical (unpaired) electrons. The molecule has 1 saturated heterocycles. The smallest absolute Gasteiger partial charge is 0.358 e. The maximum atomic E-state index is 12.6. The summed E-state index contributed by atoms with van der Waals surface area (Å²) in [6.45, 7) is -0.0941. The molecule has 0 aromatic carbocycles. The van der Waals surface area contributed by atoms with Gasteiger partial charge in [-0.1, -0.05) is 0 Å². The van der Waals surface area contributed by atoms with Crippen molar-refractivity contribution in [3.05, 3.63) is 0 Å². The van der Waals surface area contributed by atoms with Gasteiger partial charge in [-0.05, 0) is 13.0 Å². The number of carbonyl (C=O) groups excluding carboxylic acids is 1. The molecule has 0 aliphatic carbocycles. The van der Waals surface area contributed by atoms with Crippen LogP contribution in [-0.4, -0.2) is 32.2 Å². The second-order valence-electron chi connectivity index (χ2n) is 3.09. The van der Waals surface area contributed by atoms with Gasteiger partial charge in [0.05, 0.1) is 0 Å². The van der Waals surface area contributed by atoms with E-state index in [2.05, 4.69) is 10.6 Å². The molecule has 0 unspecified atom stereocenters. The first kappa shape index (κ1) is 10.3. The zero-order valence-electron chi connectivity index (χ0n) is 7.16. The Bertz CT molecular complexity index is 208. The topological polar surface area (TPSA) is 41.1 Å². The van der Waals surface area contributed by atoms with Gasteiger partial charge < -0.3 is 10.6 Å². The summed E-state index contributed by atoms with van der Waals surface area (Å²) < 4.78 is 37.7. The molecular formula is C7H11F3N2O.